The van der Waals surface area contributed by atoms with Gasteiger partial charge in [-0.1, -0.05) is 59.6 Å². The van der Waals surface area contributed by atoms with Crippen LogP contribution in [0.2, 0.25) is 10.0 Å². The molecule has 0 spiro atoms. The minimum atomic E-state index is -1.27. The number of hydrogen-bond acceptors (Lipinski definition) is 6. The Morgan fingerprint density at radius 3 is 1.37 bits per heavy atom. The highest BCUT2D eigenvalue weighted by atomic mass is 35.5. The lowest BCUT2D eigenvalue weighted by Crippen LogP contribution is -2.22. The summed E-state index contributed by atoms with van der Waals surface area (Å²) >= 11 is 12.0. The average Bonchev–Trinajstić information content (AvgIpc) is 2.97. The first-order valence-corrected chi connectivity index (χ1v) is 13.4. The molecule has 0 saturated carbocycles. The average molecular weight is 623 g/mol. The predicted molar refractivity (Wildman–Crippen MR) is 161 cm³/mol. The van der Waals surface area contributed by atoms with Crippen LogP contribution in [-0.2, 0) is 16.0 Å². The van der Waals surface area contributed by atoms with Crippen LogP contribution in [0.5, 0.6) is 11.5 Å². The van der Waals surface area contributed by atoms with Gasteiger partial charge in [-0.25, -0.2) is 9.59 Å². The van der Waals surface area contributed by atoms with Crippen molar-refractivity contribution < 1.29 is 38.9 Å². The monoisotopic (exact) mass is 622 g/mol. The summed E-state index contributed by atoms with van der Waals surface area (Å²) < 4.78 is 10.8. The van der Waals surface area contributed by atoms with Gasteiger partial charge in [-0.3, -0.25) is 9.59 Å². The Bertz CT molecular complexity index is 1570. The van der Waals surface area contributed by atoms with Crippen molar-refractivity contribution in [2.24, 2.45) is 0 Å². The molecule has 4 N–H and O–H groups in total. The van der Waals surface area contributed by atoms with Crippen LogP contribution >= 0.6 is 23.2 Å². The summed E-state index contributed by atoms with van der Waals surface area (Å²) in [4.78, 5) is 48.7. The quantitative estimate of drug-likeness (QED) is 0.150. The van der Waals surface area contributed by atoms with Crippen molar-refractivity contribution in [3.63, 3.8) is 0 Å². The fourth-order valence-electron chi connectivity index (χ4n) is 3.99. The van der Waals surface area contributed by atoms with E-state index in [1.54, 1.807) is 60.7 Å². The maximum Gasteiger partial charge on any atom is 0.337 e. The van der Waals surface area contributed by atoms with Crippen molar-refractivity contribution in [2.75, 3.05) is 23.8 Å². The highest BCUT2D eigenvalue weighted by Gasteiger charge is 2.17. The Morgan fingerprint density at radius 2 is 1.00 bits per heavy atom. The number of amides is 2. The molecule has 12 heteroatoms. The number of carboxylic acid groups (broad SMARTS) is 2. The zero-order chi connectivity index (χ0) is 30.9. The number of ether oxygens (including phenoxy) is 2. The molecule has 0 fully saturated rings. The first-order chi connectivity index (χ1) is 20.6. The molecule has 0 radical (unpaired) electrons. The maximum absolute atomic E-state index is 12.4. The normalized spacial score (nSPS) is 10.5. The molecule has 220 valence electrons. The zero-order valence-electron chi connectivity index (χ0n) is 22.3. The molecule has 0 aliphatic rings. The van der Waals surface area contributed by atoms with Gasteiger partial charge < -0.3 is 30.3 Å². The van der Waals surface area contributed by atoms with E-state index in [0.29, 0.717) is 32.7 Å². The molecule has 0 aliphatic heterocycles. The second kappa shape index (κ2) is 14.2. The molecule has 0 atom stereocenters. The number of carbonyl (C=O) groups is 4. The molecule has 0 bridgehead atoms. The SMILES string of the molecule is O=C(COc1ccccc1Cl)Nc1ccc(Cc2ccc(NC(=O)COc3ccccc3Cl)c(C(=O)O)c2)cc1C(=O)O. The first-order valence-electron chi connectivity index (χ1n) is 12.7. The summed E-state index contributed by atoms with van der Waals surface area (Å²) in [6, 6.07) is 22.1. The van der Waals surface area contributed by atoms with Gasteiger partial charge in [0.2, 0.25) is 0 Å². The van der Waals surface area contributed by atoms with Crippen molar-refractivity contribution in [3.05, 3.63) is 117 Å². The van der Waals surface area contributed by atoms with Crippen LogP contribution in [0.4, 0.5) is 11.4 Å². The number of anilines is 2. The summed E-state index contributed by atoms with van der Waals surface area (Å²) in [5, 5.41) is 25.2. The Hall–Kier alpha value is -5.06. The molecular weight excluding hydrogens is 599 g/mol. The van der Waals surface area contributed by atoms with Gasteiger partial charge in [-0.15, -0.1) is 0 Å². The number of hydrogen-bond donors (Lipinski definition) is 4. The highest BCUT2D eigenvalue weighted by Crippen LogP contribution is 2.26. The lowest BCUT2D eigenvalue weighted by atomic mass is 9.99. The lowest BCUT2D eigenvalue weighted by Gasteiger charge is -2.13. The van der Waals surface area contributed by atoms with Crippen molar-refractivity contribution >= 4 is 58.3 Å². The van der Waals surface area contributed by atoms with E-state index in [9.17, 15) is 29.4 Å². The van der Waals surface area contributed by atoms with Crippen LogP contribution < -0.4 is 20.1 Å². The fourth-order valence-corrected chi connectivity index (χ4v) is 4.37. The largest absolute Gasteiger partial charge is 0.482 e. The van der Waals surface area contributed by atoms with E-state index in [4.69, 9.17) is 32.7 Å². The topological polar surface area (TPSA) is 151 Å². The highest BCUT2D eigenvalue weighted by molar-refractivity contribution is 6.32. The van der Waals surface area contributed by atoms with Crippen molar-refractivity contribution in [1.29, 1.82) is 0 Å². The molecule has 4 aromatic carbocycles. The smallest absolute Gasteiger partial charge is 0.337 e. The second-order valence-electron chi connectivity index (χ2n) is 9.08. The fraction of sp³-hybridized carbons (Fsp3) is 0.0968. The first kappa shape index (κ1) is 30.9. The molecule has 0 heterocycles. The van der Waals surface area contributed by atoms with Gasteiger partial charge in [-0.05, 0) is 66.1 Å². The van der Waals surface area contributed by atoms with Crippen LogP contribution in [0, 0.1) is 0 Å². The van der Waals surface area contributed by atoms with E-state index < -0.39 is 37.0 Å². The molecule has 43 heavy (non-hydrogen) atoms. The molecular formula is C31H24Cl2N2O8. The van der Waals surface area contributed by atoms with Gasteiger partial charge in [0.25, 0.3) is 11.8 Å². The summed E-state index contributed by atoms with van der Waals surface area (Å²) in [5.41, 5.74) is 0.890. The maximum atomic E-state index is 12.4. The van der Waals surface area contributed by atoms with E-state index >= 15 is 0 Å². The van der Waals surface area contributed by atoms with Gasteiger partial charge >= 0.3 is 11.9 Å². The minimum absolute atomic E-state index is 0.0623. The van der Waals surface area contributed by atoms with Gasteiger partial charge in [0.05, 0.1) is 32.5 Å². The predicted octanol–water partition coefficient (Wildman–Crippen LogP) is 6.02. The number of carbonyl (C=O) groups excluding carboxylic acids is 2. The molecule has 0 unspecified atom stereocenters. The van der Waals surface area contributed by atoms with Crippen LogP contribution in [0.1, 0.15) is 31.8 Å². The molecule has 10 nitrogen and oxygen atoms in total. The molecule has 0 aliphatic carbocycles. The number of para-hydroxylation sites is 2. The van der Waals surface area contributed by atoms with Gasteiger partial charge in [0, 0.05) is 0 Å². The van der Waals surface area contributed by atoms with Crippen LogP contribution in [-0.4, -0.2) is 47.2 Å². The molecule has 0 saturated heterocycles. The summed E-state index contributed by atoms with van der Waals surface area (Å²) in [6.45, 7) is -0.783. The summed E-state index contributed by atoms with van der Waals surface area (Å²) in [6.07, 6.45) is 0.175. The Kier molecular flexibility index (Phi) is 10.2. The number of benzene rings is 4. The molecule has 2 amide bonds. The summed E-state index contributed by atoms with van der Waals surface area (Å²) in [5.74, 6) is -3.10. The standard InChI is InChI=1S/C31H24Cl2N2O8/c32-22-5-1-3-7-26(22)42-16-28(36)34-24-11-9-18(14-20(24)30(38)39)13-19-10-12-25(21(15-19)31(40)41)35-29(37)17-43-27-8-4-2-6-23(27)33/h1-12,14-15H,13,16-17H2,(H,34,36)(H,35,37)(H,38,39)(H,40,41). The second-order valence-corrected chi connectivity index (χ2v) is 9.90. The zero-order valence-corrected chi connectivity index (χ0v) is 23.8. The number of nitrogens with one attached hydrogen (secondary N) is 2. The number of carboxylic acids is 2. The van der Waals surface area contributed by atoms with Crippen LogP contribution in [0.25, 0.3) is 0 Å². The van der Waals surface area contributed by atoms with Gasteiger partial charge in [0.15, 0.2) is 13.2 Å². The van der Waals surface area contributed by atoms with Crippen LogP contribution in [0.15, 0.2) is 84.9 Å². The van der Waals surface area contributed by atoms with E-state index in [0.717, 1.165) is 0 Å². The molecule has 4 rings (SSSR count). The van der Waals surface area contributed by atoms with Crippen molar-refractivity contribution in [3.8, 4) is 11.5 Å². The van der Waals surface area contributed by atoms with Gasteiger partial charge in [-0.2, -0.15) is 0 Å². The van der Waals surface area contributed by atoms with Crippen molar-refractivity contribution in [2.45, 2.75) is 6.42 Å². The molecule has 0 aromatic heterocycles. The number of rotatable bonds is 12. The van der Waals surface area contributed by atoms with E-state index in [-0.39, 0.29) is 28.9 Å². The number of halogens is 2. The third-order valence-electron chi connectivity index (χ3n) is 5.98. The third kappa shape index (κ3) is 8.48. The van der Waals surface area contributed by atoms with Crippen LogP contribution in [0.3, 0.4) is 0 Å². The third-order valence-corrected chi connectivity index (χ3v) is 6.60. The van der Waals surface area contributed by atoms with E-state index in [1.807, 2.05) is 0 Å². The Morgan fingerprint density at radius 1 is 0.605 bits per heavy atom. The minimum Gasteiger partial charge on any atom is -0.482 e. The number of aromatic carboxylic acids is 2. The van der Waals surface area contributed by atoms with Crippen molar-refractivity contribution in [1.82, 2.24) is 0 Å². The van der Waals surface area contributed by atoms with Gasteiger partial charge in [0.1, 0.15) is 11.5 Å². The Balaban J connectivity index is 1.43. The summed E-state index contributed by atoms with van der Waals surface area (Å²) in [7, 11) is 0. The van der Waals surface area contributed by atoms with E-state index in [2.05, 4.69) is 10.6 Å². The van der Waals surface area contributed by atoms with E-state index in [1.165, 1.54) is 24.3 Å². The lowest BCUT2D eigenvalue weighted by molar-refractivity contribution is -0.118. The Labute approximate surface area is 255 Å². The molecule has 4 aromatic rings.